The molecule has 0 aliphatic rings. The molecule has 0 aliphatic carbocycles. The van der Waals surface area contributed by atoms with E-state index in [0.29, 0.717) is 5.69 Å². The summed E-state index contributed by atoms with van der Waals surface area (Å²) in [6.45, 7) is 6.97. The number of rotatable bonds is 14. The van der Waals surface area contributed by atoms with Crippen molar-refractivity contribution in [3.63, 3.8) is 0 Å². The maximum atomic E-state index is 13.0. The normalized spacial score (nSPS) is 14.7. The molecule has 0 aromatic carbocycles. The van der Waals surface area contributed by atoms with E-state index in [1.54, 1.807) is 13.8 Å². The molecule has 0 aliphatic heterocycles. The number of hydrogen-bond donors (Lipinski definition) is 7. The average Bonchev–Trinajstić information content (AvgIpc) is 3.22. The molecule has 0 bridgehead atoms. The van der Waals surface area contributed by atoms with Gasteiger partial charge in [-0.3, -0.25) is 19.2 Å². The maximum Gasteiger partial charge on any atom is 0.326 e. The highest BCUT2D eigenvalue weighted by atomic mass is 16.4. The van der Waals surface area contributed by atoms with Gasteiger partial charge >= 0.3 is 11.9 Å². The lowest BCUT2D eigenvalue weighted by atomic mass is 9.99. The fourth-order valence-corrected chi connectivity index (χ4v) is 3.13. The Labute approximate surface area is 197 Å². The van der Waals surface area contributed by atoms with Gasteiger partial charge in [-0.2, -0.15) is 0 Å². The number of aromatic amines is 1. The van der Waals surface area contributed by atoms with E-state index >= 15 is 0 Å². The summed E-state index contributed by atoms with van der Waals surface area (Å²) in [6, 6.07) is -4.76. The van der Waals surface area contributed by atoms with Gasteiger partial charge in [0.15, 0.2) is 0 Å². The molecule has 1 heterocycles. The van der Waals surface area contributed by atoms with Crippen LogP contribution in [0, 0.1) is 11.8 Å². The van der Waals surface area contributed by atoms with Crippen LogP contribution in [0.1, 0.15) is 46.2 Å². The summed E-state index contributed by atoms with van der Waals surface area (Å²) >= 11 is 0. The van der Waals surface area contributed by atoms with Gasteiger partial charge in [-0.1, -0.05) is 27.7 Å². The maximum absolute atomic E-state index is 13.0. The van der Waals surface area contributed by atoms with Crippen molar-refractivity contribution in [3.8, 4) is 0 Å². The van der Waals surface area contributed by atoms with E-state index in [0.717, 1.165) is 0 Å². The van der Waals surface area contributed by atoms with E-state index < -0.39 is 66.2 Å². The number of aliphatic carboxylic acids is 2. The molecular weight excluding hydrogens is 448 g/mol. The summed E-state index contributed by atoms with van der Waals surface area (Å²) in [5.41, 5.74) is 6.60. The highest BCUT2D eigenvalue weighted by molar-refractivity contribution is 5.94. The topological polar surface area (TPSA) is 217 Å². The molecule has 0 fully saturated rings. The third kappa shape index (κ3) is 9.57. The first kappa shape index (κ1) is 28.6. The highest BCUT2D eigenvalue weighted by Crippen LogP contribution is 2.09. The molecule has 1 aromatic rings. The summed E-state index contributed by atoms with van der Waals surface area (Å²) in [6.07, 6.45) is 2.61. The van der Waals surface area contributed by atoms with Crippen molar-refractivity contribution in [2.24, 2.45) is 17.6 Å². The van der Waals surface area contributed by atoms with Crippen LogP contribution in [0.4, 0.5) is 0 Å². The monoisotopic (exact) mass is 482 g/mol. The van der Waals surface area contributed by atoms with Crippen LogP contribution in [0.5, 0.6) is 0 Å². The van der Waals surface area contributed by atoms with Crippen molar-refractivity contribution in [3.05, 3.63) is 18.2 Å². The number of imidazole rings is 1. The molecule has 1 rings (SSSR count). The number of H-pyrrole nitrogens is 1. The number of nitrogens with two attached hydrogens (primary N) is 1. The van der Waals surface area contributed by atoms with Gasteiger partial charge < -0.3 is 36.9 Å². The lowest BCUT2D eigenvalue weighted by Crippen LogP contribution is -2.58. The fourth-order valence-electron chi connectivity index (χ4n) is 3.13. The van der Waals surface area contributed by atoms with E-state index in [9.17, 15) is 29.1 Å². The minimum absolute atomic E-state index is 0.0122. The molecule has 3 amide bonds. The highest BCUT2D eigenvalue weighted by Gasteiger charge is 2.32. The summed E-state index contributed by atoms with van der Waals surface area (Å²) in [5.74, 6) is -5.41. The van der Waals surface area contributed by atoms with Crippen molar-refractivity contribution in [2.45, 2.75) is 71.1 Å². The predicted octanol–water partition coefficient (Wildman–Crippen LogP) is -1.00. The van der Waals surface area contributed by atoms with E-state index in [1.165, 1.54) is 12.5 Å². The molecule has 0 radical (unpaired) electrons. The van der Waals surface area contributed by atoms with Gasteiger partial charge in [0, 0.05) is 18.3 Å². The Bertz CT molecular complexity index is 856. The van der Waals surface area contributed by atoms with Crippen LogP contribution in [0.15, 0.2) is 12.5 Å². The molecule has 8 N–H and O–H groups in total. The Morgan fingerprint density at radius 1 is 0.971 bits per heavy atom. The second kappa shape index (κ2) is 13.3. The van der Waals surface area contributed by atoms with Gasteiger partial charge in [0.2, 0.25) is 17.7 Å². The van der Waals surface area contributed by atoms with Gasteiger partial charge in [0.1, 0.15) is 18.1 Å². The van der Waals surface area contributed by atoms with E-state index in [-0.39, 0.29) is 18.8 Å². The minimum Gasteiger partial charge on any atom is -0.481 e. The van der Waals surface area contributed by atoms with Crippen molar-refractivity contribution in [1.82, 2.24) is 25.9 Å². The van der Waals surface area contributed by atoms with Crippen molar-refractivity contribution >= 4 is 29.7 Å². The molecule has 0 saturated carbocycles. The number of nitrogens with zero attached hydrogens (tertiary/aromatic N) is 1. The van der Waals surface area contributed by atoms with Crippen LogP contribution >= 0.6 is 0 Å². The SMILES string of the molecule is CC(C)CC(NC(=O)C(N)Cc1cnc[nH]1)C(=O)NC(C(=O)NC(CC(=O)O)C(=O)O)C(C)C. The van der Waals surface area contributed by atoms with Crippen LogP contribution in [-0.2, 0) is 30.4 Å². The largest absolute Gasteiger partial charge is 0.481 e. The third-order valence-electron chi connectivity index (χ3n) is 4.91. The number of carbonyl (C=O) groups is 5. The molecule has 34 heavy (non-hydrogen) atoms. The van der Waals surface area contributed by atoms with Gasteiger partial charge in [-0.15, -0.1) is 0 Å². The number of aromatic nitrogens is 2. The first-order chi connectivity index (χ1) is 15.8. The van der Waals surface area contributed by atoms with Gasteiger partial charge in [-0.25, -0.2) is 9.78 Å². The van der Waals surface area contributed by atoms with Crippen LogP contribution in [0.3, 0.4) is 0 Å². The second-order valence-electron chi connectivity index (χ2n) is 8.81. The molecule has 13 nitrogen and oxygen atoms in total. The van der Waals surface area contributed by atoms with E-state index in [2.05, 4.69) is 25.9 Å². The van der Waals surface area contributed by atoms with Crippen molar-refractivity contribution < 1.29 is 34.2 Å². The smallest absolute Gasteiger partial charge is 0.326 e. The predicted molar refractivity (Wildman–Crippen MR) is 120 cm³/mol. The lowest BCUT2D eigenvalue weighted by molar-refractivity contribution is -0.147. The van der Waals surface area contributed by atoms with E-state index in [1.807, 2.05) is 13.8 Å². The quantitative estimate of drug-likeness (QED) is 0.173. The number of amides is 3. The molecule has 0 saturated heterocycles. The average molecular weight is 483 g/mol. The minimum atomic E-state index is -1.66. The summed E-state index contributed by atoms with van der Waals surface area (Å²) in [5, 5.41) is 25.3. The van der Waals surface area contributed by atoms with Gasteiger partial charge in [0.25, 0.3) is 0 Å². The number of hydrogen-bond acceptors (Lipinski definition) is 7. The Morgan fingerprint density at radius 2 is 1.59 bits per heavy atom. The molecule has 13 heteroatoms. The van der Waals surface area contributed by atoms with E-state index in [4.69, 9.17) is 10.8 Å². The molecule has 4 unspecified atom stereocenters. The summed E-state index contributed by atoms with van der Waals surface area (Å²) in [4.78, 5) is 67.1. The summed E-state index contributed by atoms with van der Waals surface area (Å²) in [7, 11) is 0. The fraction of sp³-hybridized carbons (Fsp3) is 0.619. The zero-order valence-corrected chi connectivity index (χ0v) is 19.7. The standard InChI is InChI=1S/C21H34N6O7/c1-10(2)5-14(25-18(30)13(22)6-12-8-23-9-24-12)19(31)27-17(11(3)4)20(32)26-15(21(33)34)7-16(28)29/h8-11,13-15,17H,5-7,22H2,1-4H3,(H,23,24)(H,25,30)(H,26,32)(H,27,31)(H,28,29)(H,33,34). The lowest BCUT2D eigenvalue weighted by Gasteiger charge is -2.27. The second-order valence-corrected chi connectivity index (χ2v) is 8.81. The zero-order valence-electron chi connectivity index (χ0n) is 19.7. The first-order valence-electron chi connectivity index (χ1n) is 10.9. The molecular formula is C21H34N6O7. The van der Waals surface area contributed by atoms with Crippen LogP contribution < -0.4 is 21.7 Å². The van der Waals surface area contributed by atoms with Gasteiger partial charge in [0.05, 0.1) is 18.8 Å². The Kier molecular flexibility index (Phi) is 11.2. The molecule has 1 aromatic heterocycles. The number of nitrogens with one attached hydrogen (secondary N) is 4. The number of carboxylic acid groups (broad SMARTS) is 2. The molecule has 0 spiro atoms. The Balaban J connectivity index is 2.91. The Hall–Kier alpha value is -3.48. The van der Waals surface area contributed by atoms with Crippen LogP contribution in [-0.4, -0.2) is 74.0 Å². The Morgan fingerprint density at radius 3 is 2.06 bits per heavy atom. The molecule has 4 atom stereocenters. The van der Waals surface area contributed by atoms with Gasteiger partial charge in [-0.05, 0) is 18.3 Å². The summed E-state index contributed by atoms with van der Waals surface area (Å²) < 4.78 is 0. The van der Waals surface area contributed by atoms with Crippen LogP contribution in [0.2, 0.25) is 0 Å². The zero-order chi connectivity index (χ0) is 26.0. The number of carbonyl (C=O) groups excluding carboxylic acids is 3. The number of carboxylic acids is 2. The van der Waals surface area contributed by atoms with Crippen molar-refractivity contribution in [1.29, 1.82) is 0 Å². The molecule has 190 valence electrons. The van der Waals surface area contributed by atoms with Crippen molar-refractivity contribution in [2.75, 3.05) is 0 Å². The third-order valence-corrected chi connectivity index (χ3v) is 4.91. The first-order valence-corrected chi connectivity index (χ1v) is 10.9. The van der Waals surface area contributed by atoms with Crippen LogP contribution in [0.25, 0.3) is 0 Å².